The number of aliphatic hydroxyl groups is 1. The standard InChI is InChI=1S/C19H29N.C7H16.C2H6.CH4O/c1-5-7-8-9-15(3)10-17-11-18(14-20)13-19(12-17)16(4)6-2;1-4-6-7(3)5-2;2*1-2/h11-13,15-16H,5-10H2,1-4H3;7H,4-6H2,1-3H3;1-2H3;2H,1H3. The largest absolute Gasteiger partial charge is 0.400 e. The van der Waals surface area contributed by atoms with Gasteiger partial charge in [-0.05, 0) is 53.9 Å². The number of nitriles is 1. The molecule has 0 aromatic heterocycles. The van der Waals surface area contributed by atoms with Gasteiger partial charge in [0.25, 0.3) is 0 Å². The van der Waals surface area contributed by atoms with Gasteiger partial charge < -0.3 is 5.11 Å². The molecular formula is C29H55NO. The summed E-state index contributed by atoms with van der Waals surface area (Å²) in [5, 5.41) is 16.2. The highest BCUT2D eigenvalue weighted by Gasteiger charge is 2.09. The van der Waals surface area contributed by atoms with Crippen LogP contribution in [0.4, 0.5) is 0 Å². The summed E-state index contributed by atoms with van der Waals surface area (Å²) >= 11 is 0. The third-order valence-corrected chi connectivity index (χ3v) is 5.69. The highest BCUT2D eigenvalue weighted by Crippen LogP contribution is 2.24. The highest BCUT2D eigenvalue weighted by molar-refractivity contribution is 5.39. The van der Waals surface area contributed by atoms with Crippen LogP contribution in [-0.4, -0.2) is 12.2 Å². The van der Waals surface area contributed by atoms with Gasteiger partial charge in [0.15, 0.2) is 0 Å². The molecule has 0 radical (unpaired) electrons. The average Bonchev–Trinajstić information content (AvgIpc) is 2.81. The summed E-state index contributed by atoms with van der Waals surface area (Å²) in [5.74, 6) is 2.20. The van der Waals surface area contributed by atoms with E-state index in [4.69, 9.17) is 5.11 Å². The Hall–Kier alpha value is -1.33. The SMILES string of the molecule is CC.CCCC(C)CC.CCCCCC(C)Cc1cc(C#N)cc(C(C)CC)c1.CO. The maximum Gasteiger partial charge on any atom is 0.0991 e. The second-order valence-electron chi connectivity index (χ2n) is 8.49. The fourth-order valence-electron chi connectivity index (χ4n) is 3.37. The lowest BCUT2D eigenvalue weighted by Crippen LogP contribution is -2.02. The fourth-order valence-corrected chi connectivity index (χ4v) is 3.37. The smallest absolute Gasteiger partial charge is 0.0991 e. The van der Waals surface area contributed by atoms with Crippen LogP contribution in [-0.2, 0) is 6.42 Å². The van der Waals surface area contributed by atoms with Crippen LogP contribution in [0.25, 0.3) is 0 Å². The zero-order valence-corrected chi connectivity index (χ0v) is 22.7. The van der Waals surface area contributed by atoms with Crippen molar-refractivity contribution in [2.24, 2.45) is 11.8 Å². The number of hydrogen-bond donors (Lipinski definition) is 1. The van der Waals surface area contributed by atoms with Gasteiger partial charge in [-0.3, -0.25) is 0 Å². The minimum Gasteiger partial charge on any atom is -0.400 e. The van der Waals surface area contributed by atoms with Gasteiger partial charge in [0.1, 0.15) is 0 Å². The maximum absolute atomic E-state index is 9.20. The van der Waals surface area contributed by atoms with Crippen molar-refractivity contribution in [1.82, 2.24) is 0 Å². The summed E-state index contributed by atoms with van der Waals surface area (Å²) in [4.78, 5) is 0. The first-order chi connectivity index (χ1) is 14.9. The molecule has 0 spiro atoms. The van der Waals surface area contributed by atoms with Gasteiger partial charge in [-0.2, -0.15) is 5.26 Å². The third kappa shape index (κ3) is 19.1. The van der Waals surface area contributed by atoms with Gasteiger partial charge in [-0.1, -0.05) is 113 Å². The first kappa shape index (κ1) is 34.3. The second-order valence-corrected chi connectivity index (χ2v) is 8.49. The van der Waals surface area contributed by atoms with Crippen LogP contribution in [0.2, 0.25) is 0 Å². The molecule has 0 aliphatic carbocycles. The summed E-state index contributed by atoms with van der Waals surface area (Å²) in [5.41, 5.74) is 3.48. The van der Waals surface area contributed by atoms with Crippen LogP contribution < -0.4 is 0 Å². The van der Waals surface area contributed by atoms with Gasteiger partial charge in [-0.25, -0.2) is 0 Å². The summed E-state index contributed by atoms with van der Waals surface area (Å²) in [7, 11) is 1.00. The molecule has 0 aliphatic rings. The number of rotatable bonds is 11. The number of aliphatic hydroxyl groups excluding tert-OH is 1. The van der Waals surface area contributed by atoms with Crippen LogP contribution in [0.1, 0.15) is 136 Å². The molecule has 0 fully saturated rings. The van der Waals surface area contributed by atoms with Gasteiger partial charge in [-0.15, -0.1) is 0 Å². The number of unbranched alkanes of at least 4 members (excludes halogenated alkanes) is 2. The topological polar surface area (TPSA) is 44.0 Å². The maximum atomic E-state index is 9.20. The number of benzene rings is 1. The van der Waals surface area contributed by atoms with Crippen molar-refractivity contribution in [2.75, 3.05) is 7.11 Å². The van der Waals surface area contributed by atoms with Crippen LogP contribution in [0, 0.1) is 23.2 Å². The van der Waals surface area contributed by atoms with Crippen molar-refractivity contribution in [3.63, 3.8) is 0 Å². The molecule has 3 unspecified atom stereocenters. The summed E-state index contributed by atoms with van der Waals surface area (Å²) in [6, 6.07) is 8.75. The molecule has 31 heavy (non-hydrogen) atoms. The van der Waals surface area contributed by atoms with E-state index in [9.17, 15) is 5.26 Å². The third-order valence-electron chi connectivity index (χ3n) is 5.69. The van der Waals surface area contributed by atoms with Gasteiger partial charge in [0, 0.05) is 7.11 Å². The van der Waals surface area contributed by atoms with E-state index in [-0.39, 0.29) is 0 Å². The fraction of sp³-hybridized carbons (Fsp3) is 0.759. The van der Waals surface area contributed by atoms with E-state index in [0.717, 1.165) is 31.4 Å². The molecule has 0 bridgehead atoms. The Bertz CT molecular complexity index is 532. The highest BCUT2D eigenvalue weighted by atomic mass is 16.2. The predicted octanol–water partition coefficient (Wildman–Crippen LogP) is 9.30. The number of hydrogen-bond acceptors (Lipinski definition) is 2. The summed E-state index contributed by atoms with van der Waals surface area (Å²) < 4.78 is 0. The molecule has 0 amide bonds. The first-order valence-corrected chi connectivity index (χ1v) is 12.9. The Morgan fingerprint density at radius 2 is 1.42 bits per heavy atom. The molecule has 1 aromatic carbocycles. The molecular weight excluding hydrogens is 378 g/mol. The Balaban J connectivity index is -0.000000598. The van der Waals surface area contributed by atoms with Gasteiger partial charge in [0.2, 0.25) is 0 Å². The van der Waals surface area contributed by atoms with Crippen LogP contribution in [0.15, 0.2) is 18.2 Å². The quantitative estimate of drug-likeness (QED) is 0.353. The van der Waals surface area contributed by atoms with Gasteiger partial charge >= 0.3 is 0 Å². The zero-order chi connectivity index (χ0) is 24.7. The Labute approximate surface area is 196 Å². The Morgan fingerprint density at radius 3 is 1.84 bits per heavy atom. The van der Waals surface area contributed by atoms with E-state index in [1.54, 1.807) is 0 Å². The molecule has 0 saturated heterocycles. The monoisotopic (exact) mass is 433 g/mol. The Kier molecular flexibility index (Phi) is 27.6. The summed E-state index contributed by atoms with van der Waals surface area (Å²) in [6.45, 7) is 19.8. The minimum atomic E-state index is 0.539. The van der Waals surface area contributed by atoms with E-state index < -0.39 is 0 Å². The number of nitrogens with zero attached hydrogens (tertiary/aromatic N) is 1. The predicted molar refractivity (Wildman–Crippen MR) is 141 cm³/mol. The minimum absolute atomic E-state index is 0.539. The van der Waals surface area contributed by atoms with E-state index in [2.05, 4.69) is 72.7 Å². The van der Waals surface area contributed by atoms with Crippen LogP contribution in [0.3, 0.4) is 0 Å². The van der Waals surface area contributed by atoms with Crippen molar-refractivity contribution < 1.29 is 5.11 Å². The van der Waals surface area contributed by atoms with Crippen LogP contribution in [0.5, 0.6) is 0 Å². The van der Waals surface area contributed by atoms with Crippen molar-refractivity contribution in [1.29, 1.82) is 5.26 Å². The molecule has 0 heterocycles. The molecule has 0 saturated carbocycles. The molecule has 0 aliphatic heterocycles. The normalized spacial score (nSPS) is 12.5. The molecule has 2 heteroatoms. The Morgan fingerprint density at radius 1 is 0.806 bits per heavy atom. The van der Waals surface area contributed by atoms with Crippen molar-refractivity contribution in [2.45, 2.75) is 126 Å². The lowest BCUT2D eigenvalue weighted by molar-refractivity contribution is 0.399. The summed E-state index contributed by atoms with van der Waals surface area (Å²) in [6.07, 6.45) is 11.6. The lowest BCUT2D eigenvalue weighted by Gasteiger charge is -2.15. The molecule has 1 N–H and O–H groups in total. The second kappa shape index (κ2) is 24.9. The first-order valence-electron chi connectivity index (χ1n) is 12.9. The zero-order valence-electron chi connectivity index (χ0n) is 22.7. The molecule has 182 valence electrons. The van der Waals surface area contributed by atoms with Gasteiger partial charge in [0.05, 0.1) is 11.6 Å². The van der Waals surface area contributed by atoms with E-state index in [0.29, 0.717) is 11.8 Å². The average molecular weight is 434 g/mol. The van der Waals surface area contributed by atoms with Crippen molar-refractivity contribution in [3.8, 4) is 6.07 Å². The molecule has 1 rings (SSSR count). The van der Waals surface area contributed by atoms with E-state index >= 15 is 0 Å². The molecule has 2 nitrogen and oxygen atoms in total. The van der Waals surface area contributed by atoms with Crippen molar-refractivity contribution >= 4 is 0 Å². The van der Waals surface area contributed by atoms with E-state index in [1.165, 1.54) is 56.1 Å². The van der Waals surface area contributed by atoms with Crippen molar-refractivity contribution in [3.05, 3.63) is 34.9 Å². The van der Waals surface area contributed by atoms with E-state index in [1.807, 2.05) is 13.8 Å². The van der Waals surface area contributed by atoms with Crippen LogP contribution >= 0.6 is 0 Å². The molecule has 3 atom stereocenters. The molecule has 1 aromatic rings. The lowest BCUT2D eigenvalue weighted by atomic mass is 9.90.